The van der Waals surface area contributed by atoms with Gasteiger partial charge in [-0.25, -0.2) is 0 Å². The van der Waals surface area contributed by atoms with E-state index in [0.717, 1.165) is 15.6 Å². The van der Waals surface area contributed by atoms with Crippen LogP contribution in [0.4, 0.5) is 5.69 Å². The lowest BCUT2D eigenvalue weighted by Crippen LogP contribution is -2.07. The number of hydrogen-bond acceptors (Lipinski definition) is 3. The summed E-state index contributed by atoms with van der Waals surface area (Å²) in [6.45, 7) is 0.424. The predicted molar refractivity (Wildman–Crippen MR) is 107 cm³/mol. The second-order valence-corrected chi connectivity index (χ2v) is 6.38. The Hall–Kier alpha value is -2.92. The van der Waals surface area contributed by atoms with Gasteiger partial charge in [0.15, 0.2) is 0 Å². The average Bonchev–Trinajstić information content (AvgIpc) is 2.67. The molecule has 3 aromatic rings. The Morgan fingerprint density at radius 2 is 2.00 bits per heavy atom. The molecule has 0 aliphatic rings. The number of nitrogens with one attached hydrogen (secondary N) is 1. The number of anilines is 1. The van der Waals surface area contributed by atoms with Crippen LogP contribution in [0.2, 0.25) is 0 Å². The summed E-state index contributed by atoms with van der Waals surface area (Å²) < 4.78 is 6.68. The van der Waals surface area contributed by atoms with Crippen LogP contribution in [0.1, 0.15) is 11.1 Å². The van der Waals surface area contributed by atoms with Gasteiger partial charge >= 0.3 is 0 Å². The second-order valence-electron chi connectivity index (χ2n) is 5.52. The molecule has 2 aromatic carbocycles. The predicted octanol–water partition coefficient (Wildman–Crippen LogP) is 5.08. The molecule has 0 atom stereocenters. The molecule has 0 aliphatic heterocycles. The average molecular weight is 409 g/mol. The Balaban J connectivity index is 1.59. The van der Waals surface area contributed by atoms with Crippen LogP contribution in [0.3, 0.4) is 0 Å². The summed E-state index contributed by atoms with van der Waals surface area (Å²) in [5.74, 6) is 0.478. The molecule has 1 amide bonds. The zero-order chi connectivity index (χ0) is 18.2. The number of hydrogen-bond donors (Lipinski definition) is 1. The Morgan fingerprint density at radius 1 is 1.12 bits per heavy atom. The number of amides is 1. The van der Waals surface area contributed by atoms with E-state index >= 15 is 0 Å². The molecule has 1 aromatic heterocycles. The Labute approximate surface area is 160 Å². The number of pyridine rings is 1. The SMILES string of the molecule is O=C(C=Cc1ccccc1Br)Nc1cccc(OCc2cccnc2)c1. The van der Waals surface area contributed by atoms with Gasteiger partial charge in [-0.3, -0.25) is 9.78 Å². The van der Waals surface area contributed by atoms with Crippen LogP contribution in [0.15, 0.2) is 83.6 Å². The molecule has 0 fully saturated rings. The third-order valence-electron chi connectivity index (χ3n) is 3.55. The summed E-state index contributed by atoms with van der Waals surface area (Å²) in [7, 11) is 0. The van der Waals surface area contributed by atoms with E-state index in [2.05, 4.69) is 26.2 Å². The van der Waals surface area contributed by atoms with Crippen molar-refractivity contribution in [1.29, 1.82) is 0 Å². The van der Waals surface area contributed by atoms with Crippen molar-refractivity contribution in [1.82, 2.24) is 4.98 Å². The van der Waals surface area contributed by atoms with Gasteiger partial charge in [-0.05, 0) is 35.9 Å². The summed E-state index contributed by atoms with van der Waals surface area (Å²) >= 11 is 3.46. The Kier molecular flexibility index (Phi) is 6.17. The van der Waals surface area contributed by atoms with E-state index < -0.39 is 0 Å². The number of carbonyl (C=O) groups is 1. The first-order chi connectivity index (χ1) is 12.7. The molecule has 0 bridgehead atoms. The van der Waals surface area contributed by atoms with Gasteiger partial charge in [0.05, 0.1) is 0 Å². The molecule has 4 nitrogen and oxygen atoms in total. The molecule has 0 saturated heterocycles. The van der Waals surface area contributed by atoms with E-state index in [1.807, 2.05) is 54.6 Å². The minimum atomic E-state index is -0.204. The largest absolute Gasteiger partial charge is 0.489 e. The minimum absolute atomic E-state index is 0.204. The van der Waals surface area contributed by atoms with Gasteiger partial charge in [0.25, 0.3) is 0 Å². The number of nitrogens with zero attached hydrogens (tertiary/aromatic N) is 1. The first-order valence-electron chi connectivity index (χ1n) is 8.06. The monoisotopic (exact) mass is 408 g/mol. The van der Waals surface area contributed by atoms with E-state index in [1.54, 1.807) is 24.5 Å². The highest BCUT2D eigenvalue weighted by molar-refractivity contribution is 9.10. The van der Waals surface area contributed by atoms with Gasteiger partial charge in [0, 0.05) is 40.3 Å². The molecule has 0 unspecified atom stereocenters. The molecule has 130 valence electrons. The van der Waals surface area contributed by atoms with Crippen molar-refractivity contribution in [3.05, 3.63) is 94.7 Å². The highest BCUT2D eigenvalue weighted by atomic mass is 79.9. The Bertz CT molecular complexity index is 911. The molecule has 0 spiro atoms. The van der Waals surface area contributed by atoms with Gasteiger partial charge in [0.1, 0.15) is 12.4 Å². The van der Waals surface area contributed by atoms with Gasteiger partial charge in [-0.2, -0.15) is 0 Å². The van der Waals surface area contributed by atoms with E-state index in [9.17, 15) is 4.79 Å². The van der Waals surface area contributed by atoms with Crippen LogP contribution >= 0.6 is 15.9 Å². The van der Waals surface area contributed by atoms with Gasteiger partial charge in [-0.15, -0.1) is 0 Å². The molecular weight excluding hydrogens is 392 g/mol. The highest BCUT2D eigenvalue weighted by Gasteiger charge is 2.02. The molecule has 0 radical (unpaired) electrons. The lowest BCUT2D eigenvalue weighted by Gasteiger charge is -2.08. The summed E-state index contributed by atoms with van der Waals surface area (Å²) in [5.41, 5.74) is 2.60. The summed E-state index contributed by atoms with van der Waals surface area (Å²) in [4.78, 5) is 16.2. The molecule has 0 saturated carbocycles. The Morgan fingerprint density at radius 3 is 2.81 bits per heavy atom. The highest BCUT2D eigenvalue weighted by Crippen LogP contribution is 2.19. The van der Waals surface area contributed by atoms with Crippen molar-refractivity contribution in [3.63, 3.8) is 0 Å². The van der Waals surface area contributed by atoms with Crippen LogP contribution in [0.25, 0.3) is 6.08 Å². The molecule has 0 aliphatic carbocycles. The van der Waals surface area contributed by atoms with Crippen LogP contribution in [-0.2, 0) is 11.4 Å². The number of carbonyl (C=O) groups excluding carboxylic acids is 1. The van der Waals surface area contributed by atoms with Crippen molar-refractivity contribution >= 4 is 33.6 Å². The fourth-order valence-electron chi connectivity index (χ4n) is 2.27. The van der Waals surface area contributed by atoms with E-state index in [1.165, 1.54) is 6.08 Å². The van der Waals surface area contributed by atoms with Crippen LogP contribution < -0.4 is 10.1 Å². The molecule has 5 heteroatoms. The van der Waals surface area contributed by atoms with Crippen molar-refractivity contribution < 1.29 is 9.53 Å². The van der Waals surface area contributed by atoms with E-state index in [-0.39, 0.29) is 5.91 Å². The number of rotatable bonds is 6. The van der Waals surface area contributed by atoms with Gasteiger partial charge in [0.2, 0.25) is 5.91 Å². The van der Waals surface area contributed by atoms with Gasteiger partial charge < -0.3 is 10.1 Å². The molecule has 1 N–H and O–H groups in total. The molecule has 1 heterocycles. The summed E-state index contributed by atoms with van der Waals surface area (Å²) in [6, 6.07) is 18.8. The maximum atomic E-state index is 12.1. The van der Waals surface area contributed by atoms with Crippen molar-refractivity contribution in [2.45, 2.75) is 6.61 Å². The molecule has 26 heavy (non-hydrogen) atoms. The van der Waals surface area contributed by atoms with Crippen molar-refractivity contribution in [2.24, 2.45) is 0 Å². The minimum Gasteiger partial charge on any atom is -0.489 e. The number of halogens is 1. The quantitative estimate of drug-likeness (QED) is 0.578. The van der Waals surface area contributed by atoms with Crippen LogP contribution in [-0.4, -0.2) is 10.9 Å². The van der Waals surface area contributed by atoms with Crippen molar-refractivity contribution in [2.75, 3.05) is 5.32 Å². The standard InChI is InChI=1S/C21H17BrN2O2/c22-20-9-2-1-6-17(20)10-11-21(25)24-18-7-3-8-19(13-18)26-15-16-5-4-12-23-14-16/h1-14H,15H2,(H,24,25). The van der Waals surface area contributed by atoms with E-state index in [4.69, 9.17) is 4.74 Å². The van der Waals surface area contributed by atoms with Crippen LogP contribution in [0, 0.1) is 0 Å². The smallest absolute Gasteiger partial charge is 0.248 e. The van der Waals surface area contributed by atoms with Gasteiger partial charge in [-0.1, -0.05) is 46.3 Å². The number of aromatic nitrogens is 1. The topological polar surface area (TPSA) is 51.2 Å². The molecular formula is C21H17BrN2O2. The van der Waals surface area contributed by atoms with Crippen molar-refractivity contribution in [3.8, 4) is 5.75 Å². The third-order valence-corrected chi connectivity index (χ3v) is 4.27. The first-order valence-corrected chi connectivity index (χ1v) is 8.85. The number of ether oxygens (including phenoxy) is 1. The maximum absolute atomic E-state index is 12.1. The van der Waals surface area contributed by atoms with E-state index in [0.29, 0.717) is 18.0 Å². The fourth-order valence-corrected chi connectivity index (χ4v) is 2.69. The third kappa shape index (κ3) is 5.29. The zero-order valence-corrected chi connectivity index (χ0v) is 15.5. The van der Waals surface area contributed by atoms with Crippen LogP contribution in [0.5, 0.6) is 5.75 Å². The summed E-state index contributed by atoms with van der Waals surface area (Å²) in [6.07, 6.45) is 6.75. The lowest BCUT2D eigenvalue weighted by molar-refractivity contribution is -0.111. The number of benzene rings is 2. The molecule has 3 rings (SSSR count). The maximum Gasteiger partial charge on any atom is 0.248 e. The summed E-state index contributed by atoms with van der Waals surface area (Å²) in [5, 5.41) is 2.84. The zero-order valence-electron chi connectivity index (χ0n) is 13.9. The first kappa shape index (κ1) is 17.9. The lowest BCUT2D eigenvalue weighted by atomic mass is 10.2. The second kappa shape index (κ2) is 8.97. The fraction of sp³-hybridized carbons (Fsp3) is 0.0476. The normalized spacial score (nSPS) is 10.7.